The lowest BCUT2D eigenvalue weighted by atomic mass is 10.0. The molecule has 0 saturated heterocycles. The Balaban J connectivity index is 1.76. The van der Waals surface area contributed by atoms with Gasteiger partial charge in [0.2, 0.25) is 5.95 Å². The molecule has 5 heteroatoms. The van der Waals surface area contributed by atoms with Gasteiger partial charge < -0.3 is 10.4 Å². The smallest absolute Gasteiger partial charge is 0.339 e. The summed E-state index contributed by atoms with van der Waals surface area (Å²) in [4.78, 5) is 19.0. The molecule has 0 atom stereocenters. The summed E-state index contributed by atoms with van der Waals surface area (Å²) in [5.74, 6) is 0.443. The van der Waals surface area contributed by atoms with Crippen molar-refractivity contribution in [2.45, 2.75) is 45.4 Å². The second-order valence-corrected chi connectivity index (χ2v) is 5.22. The minimum atomic E-state index is -0.981. The number of carboxylic acid groups (broad SMARTS) is 1. The molecule has 1 aliphatic carbocycles. The van der Waals surface area contributed by atoms with Crippen LogP contribution in [0.15, 0.2) is 6.20 Å². The summed E-state index contributed by atoms with van der Waals surface area (Å²) >= 11 is 0. The van der Waals surface area contributed by atoms with Gasteiger partial charge in [0, 0.05) is 12.7 Å². The van der Waals surface area contributed by atoms with Crippen LogP contribution in [0, 0.1) is 12.8 Å². The molecular formula is C14H21N3O2. The van der Waals surface area contributed by atoms with Crippen LogP contribution in [0.2, 0.25) is 0 Å². The van der Waals surface area contributed by atoms with Crippen molar-refractivity contribution in [3.63, 3.8) is 0 Å². The van der Waals surface area contributed by atoms with E-state index in [1.807, 2.05) is 0 Å². The lowest BCUT2D eigenvalue weighted by molar-refractivity contribution is 0.0695. The predicted octanol–water partition coefficient (Wildman–Crippen LogP) is 2.87. The molecule has 104 valence electrons. The van der Waals surface area contributed by atoms with Crippen molar-refractivity contribution in [3.05, 3.63) is 17.5 Å². The van der Waals surface area contributed by atoms with Gasteiger partial charge in [-0.1, -0.05) is 25.7 Å². The van der Waals surface area contributed by atoms with E-state index in [0.717, 1.165) is 18.9 Å². The van der Waals surface area contributed by atoms with Crippen LogP contribution in [-0.4, -0.2) is 27.6 Å². The third kappa shape index (κ3) is 3.91. The molecule has 1 aliphatic rings. The molecule has 1 aromatic heterocycles. The molecule has 2 N–H and O–H groups in total. The van der Waals surface area contributed by atoms with E-state index in [4.69, 9.17) is 5.11 Å². The van der Waals surface area contributed by atoms with E-state index >= 15 is 0 Å². The normalized spacial score (nSPS) is 15.6. The Morgan fingerprint density at radius 3 is 2.84 bits per heavy atom. The van der Waals surface area contributed by atoms with Crippen LogP contribution in [0.5, 0.6) is 0 Å². The summed E-state index contributed by atoms with van der Waals surface area (Å²) < 4.78 is 0. The van der Waals surface area contributed by atoms with Crippen molar-refractivity contribution in [2.24, 2.45) is 5.92 Å². The lowest BCUT2D eigenvalue weighted by Gasteiger charge is -2.09. The molecule has 1 aromatic rings. The fraction of sp³-hybridized carbons (Fsp3) is 0.643. The van der Waals surface area contributed by atoms with E-state index in [1.54, 1.807) is 6.92 Å². The molecule has 0 aromatic carbocycles. The van der Waals surface area contributed by atoms with E-state index in [2.05, 4.69) is 15.3 Å². The Kier molecular flexibility index (Phi) is 4.71. The van der Waals surface area contributed by atoms with Gasteiger partial charge in [-0.25, -0.2) is 14.8 Å². The minimum absolute atomic E-state index is 0.163. The van der Waals surface area contributed by atoms with Crippen molar-refractivity contribution in [3.8, 4) is 0 Å². The molecule has 1 fully saturated rings. The number of nitrogens with one attached hydrogen (secondary N) is 1. The average molecular weight is 263 g/mol. The topological polar surface area (TPSA) is 75.1 Å². The number of rotatable bonds is 6. The van der Waals surface area contributed by atoms with Gasteiger partial charge in [0.25, 0.3) is 0 Å². The average Bonchev–Trinajstić information content (AvgIpc) is 2.87. The van der Waals surface area contributed by atoms with Gasteiger partial charge in [-0.2, -0.15) is 0 Å². The highest BCUT2D eigenvalue weighted by molar-refractivity contribution is 5.88. The molecule has 0 aliphatic heterocycles. The monoisotopic (exact) mass is 263 g/mol. The molecule has 5 nitrogen and oxygen atoms in total. The summed E-state index contributed by atoms with van der Waals surface area (Å²) in [7, 11) is 0. The van der Waals surface area contributed by atoms with Crippen LogP contribution in [0.25, 0.3) is 0 Å². The quantitative estimate of drug-likeness (QED) is 0.772. The van der Waals surface area contributed by atoms with Gasteiger partial charge >= 0.3 is 5.97 Å². The zero-order valence-electron chi connectivity index (χ0n) is 11.4. The molecule has 0 spiro atoms. The number of nitrogens with zero attached hydrogens (tertiary/aromatic N) is 2. The van der Waals surface area contributed by atoms with Gasteiger partial charge in [-0.15, -0.1) is 0 Å². The Morgan fingerprint density at radius 2 is 2.21 bits per heavy atom. The predicted molar refractivity (Wildman–Crippen MR) is 73.4 cm³/mol. The zero-order valence-corrected chi connectivity index (χ0v) is 11.4. The van der Waals surface area contributed by atoms with Crippen LogP contribution < -0.4 is 5.32 Å². The summed E-state index contributed by atoms with van der Waals surface area (Å²) in [6.07, 6.45) is 9.27. The zero-order chi connectivity index (χ0) is 13.7. The van der Waals surface area contributed by atoms with Crippen molar-refractivity contribution in [1.29, 1.82) is 0 Å². The highest BCUT2D eigenvalue weighted by Gasteiger charge is 2.14. The van der Waals surface area contributed by atoms with Crippen LogP contribution >= 0.6 is 0 Å². The maximum Gasteiger partial charge on any atom is 0.339 e. The first-order chi connectivity index (χ1) is 9.16. The van der Waals surface area contributed by atoms with Gasteiger partial charge in [0.05, 0.1) is 11.3 Å². The molecule has 2 rings (SSSR count). The number of aromatic nitrogens is 2. The highest BCUT2D eigenvalue weighted by Crippen LogP contribution is 2.28. The molecule has 19 heavy (non-hydrogen) atoms. The standard InChI is InChI=1S/C14H21N3O2/c1-10-12(13(18)19)9-16-14(17-10)15-8-4-7-11-5-2-3-6-11/h9,11H,2-8H2,1H3,(H,18,19)(H,15,16,17). The maximum atomic E-state index is 10.8. The van der Waals surface area contributed by atoms with Gasteiger partial charge in [0.1, 0.15) is 0 Å². The van der Waals surface area contributed by atoms with E-state index in [1.165, 1.54) is 38.3 Å². The van der Waals surface area contributed by atoms with Gasteiger partial charge in [0.15, 0.2) is 0 Å². The number of aryl methyl sites for hydroxylation is 1. The summed E-state index contributed by atoms with van der Waals surface area (Å²) in [5, 5.41) is 12.1. The Morgan fingerprint density at radius 1 is 1.47 bits per heavy atom. The highest BCUT2D eigenvalue weighted by atomic mass is 16.4. The fourth-order valence-electron chi connectivity index (χ4n) is 2.65. The Hall–Kier alpha value is -1.65. The van der Waals surface area contributed by atoms with E-state index in [-0.39, 0.29) is 5.56 Å². The molecule has 0 unspecified atom stereocenters. The van der Waals surface area contributed by atoms with Crippen molar-refractivity contribution < 1.29 is 9.90 Å². The number of hydrogen-bond acceptors (Lipinski definition) is 4. The van der Waals surface area contributed by atoms with Crippen molar-refractivity contribution in [2.75, 3.05) is 11.9 Å². The molecule has 0 amide bonds. The van der Waals surface area contributed by atoms with Crippen molar-refractivity contribution >= 4 is 11.9 Å². The first-order valence-electron chi connectivity index (χ1n) is 6.97. The summed E-state index contributed by atoms with van der Waals surface area (Å²) in [6, 6.07) is 0. The summed E-state index contributed by atoms with van der Waals surface area (Å²) in [5.41, 5.74) is 0.664. The molecular weight excluding hydrogens is 242 g/mol. The number of aromatic carboxylic acids is 1. The number of anilines is 1. The second kappa shape index (κ2) is 6.50. The minimum Gasteiger partial charge on any atom is -0.478 e. The number of carbonyl (C=O) groups is 1. The number of hydrogen-bond donors (Lipinski definition) is 2. The first-order valence-corrected chi connectivity index (χ1v) is 6.97. The van der Waals surface area contributed by atoms with Crippen LogP contribution in [-0.2, 0) is 0 Å². The van der Waals surface area contributed by atoms with Crippen molar-refractivity contribution in [1.82, 2.24) is 9.97 Å². The van der Waals surface area contributed by atoms with Crippen LogP contribution in [0.3, 0.4) is 0 Å². The molecule has 0 bridgehead atoms. The number of carboxylic acids is 1. The molecule has 1 saturated carbocycles. The first kappa shape index (κ1) is 13.8. The van der Waals surface area contributed by atoms with Crippen LogP contribution in [0.4, 0.5) is 5.95 Å². The Bertz CT molecular complexity index is 442. The van der Waals surface area contributed by atoms with E-state index < -0.39 is 5.97 Å². The molecule has 0 radical (unpaired) electrons. The maximum absolute atomic E-state index is 10.8. The van der Waals surface area contributed by atoms with Gasteiger partial charge in [-0.3, -0.25) is 0 Å². The van der Waals surface area contributed by atoms with Crippen LogP contribution in [0.1, 0.15) is 54.6 Å². The largest absolute Gasteiger partial charge is 0.478 e. The summed E-state index contributed by atoms with van der Waals surface area (Å²) in [6.45, 7) is 2.54. The van der Waals surface area contributed by atoms with E-state index in [0.29, 0.717) is 11.6 Å². The Labute approximate surface area is 113 Å². The fourth-order valence-corrected chi connectivity index (χ4v) is 2.65. The second-order valence-electron chi connectivity index (χ2n) is 5.22. The molecule has 1 heterocycles. The third-order valence-corrected chi connectivity index (χ3v) is 3.76. The third-order valence-electron chi connectivity index (χ3n) is 3.76. The van der Waals surface area contributed by atoms with Gasteiger partial charge in [-0.05, 0) is 25.7 Å². The van der Waals surface area contributed by atoms with E-state index in [9.17, 15) is 4.79 Å². The lowest BCUT2D eigenvalue weighted by Crippen LogP contribution is -2.10. The SMILES string of the molecule is Cc1nc(NCCCC2CCCC2)ncc1C(=O)O.